The fourth-order valence-corrected chi connectivity index (χ4v) is 2.14. The molecule has 0 bridgehead atoms. The molecule has 0 spiro atoms. The van der Waals surface area contributed by atoms with Gasteiger partial charge in [-0.3, -0.25) is 0 Å². The SMILES string of the molecule is Cc1csc(C(C)NCc2noc(C)n2)n1. The zero-order valence-corrected chi connectivity index (χ0v) is 10.3. The van der Waals surface area contributed by atoms with E-state index >= 15 is 0 Å². The van der Waals surface area contributed by atoms with E-state index in [4.69, 9.17) is 4.52 Å². The van der Waals surface area contributed by atoms with Gasteiger partial charge in [0.15, 0.2) is 5.82 Å². The second-order valence-corrected chi connectivity index (χ2v) is 4.55. The molecule has 0 saturated carbocycles. The lowest BCUT2D eigenvalue weighted by Crippen LogP contribution is -2.18. The van der Waals surface area contributed by atoms with E-state index in [-0.39, 0.29) is 6.04 Å². The van der Waals surface area contributed by atoms with E-state index in [1.165, 1.54) is 0 Å². The molecule has 0 aliphatic carbocycles. The first-order valence-electron chi connectivity index (χ1n) is 5.10. The molecule has 1 atom stereocenters. The fourth-order valence-electron chi connectivity index (χ4n) is 1.32. The van der Waals surface area contributed by atoms with Gasteiger partial charge in [-0.1, -0.05) is 5.16 Å². The summed E-state index contributed by atoms with van der Waals surface area (Å²) in [5, 5.41) is 10.3. The number of hydrogen-bond acceptors (Lipinski definition) is 6. The van der Waals surface area contributed by atoms with Crippen molar-refractivity contribution in [3.63, 3.8) is 0 Å². The minimum Gasteiger partial charge on any atom is -0.340 e. The highest BCUT2D eigenvalue weighted by Gasteiger charge is 2.10. The van der Waals surface area contributed by atoms with Crippen LogP contribution in [-0.4, -0.2) is 15.1 Å². The van der Waals surface area contributed by atoms with Crippen molar-refractivity contribution < 1.29 is 4.52 Å². The van der Waals surface area contributed by atoms with Gasteiger partial charge in [-0.05, 0) is 13.8 Å². The lowest BCUT2D eigenvalue weighted by atomic mass is 10.3. The Morgan fingerprint density at radius 3 is 2.81 bits per heavy atom. The summed E-state index contributed by atoms with van der Waals surface area (Å²) in [5.41, 5.74) is 1.06. The van der Waals surface area contributed by atoms with E-state index in [0.717, 1.165) is 10.7 Å². The molecule has 2 heterocycles. The predicted molar refractivity (Wildman–Crippen MR) is 61.1 cm³/mol. The first-order chi connectivity index (χ1) is 7.65. The quantitative estimate of drug-likeness (QED) is 0.882. The van der Waals surface area contributed by atoms with Gasteiger partial charge in [0.05, 0.1) is 12.6 Å². The largest absolute Gasteiger partial charge is 0.340 e. The highest BCUT2D eigenvalue weighted by atomic mass is 32.1. The molecule has 0 aliphatic rings. The Hall–Kier alpha value is -1.27. The van der Waals surface area contributed by atoms with Crippen LogP contribution < -0.4 is 5.32 Å². The highest BCUT2D eigenvalue weighted by molar-refractivity contribution is 7.09. The van der Waals surface area contributed by atoms with Gasteiger partial charge in [0.2, 0.25) is 5.89 Å². The summed E-state index contributed by atoms with van der Waals surface area (Å²) in [5.74, 6) is 1.27. The summed E-state index contributed by atoms with van der Waals surface area (Å²) >= 11 is 1.66. The molecule has 16 heavy (non-hydrogen) atoms. The average molecular weight is 238 g/mol. The van der Waals surface area contributed by atoms with Gasteiger partial charge in [-0.15, -0.1) is 11.3 Å². The van der Waals surface area contributed by atoms with Crippen molar-refractivity contribution in [3.8, 4) is 0 Å². The predicted octanol–water partition coefficient (Wildman–Crippen LogP) is 1.99. The van der Waals surface area contributed by atoms with Gasteiger partial charge in [0.25, 0.3) is 0 Å². The second kappa shape index (κ2) is 4.71. The Bertz CT molecular complexity index is 465. The van der Waals surface area contributed by atoms with Crippen LogP contribution in [0, 0.1) is 13.8 Å². The Morgan fingerprint density at radius 1 is 1.44 bits per heavy atom. The Kier molecular flexibility index (Phi) is 3.31. The first-order valence-corrected chi connectivity index (χ1v) is 5.97. The lowest BCUT2D eigenvalue weighted by Gasteiger charge is -2.08. The molecule has 6 heteroatoms. The number of thiazole rings is 1. The van der Waals surface area contributed by atoms with E-state index in [0.29, 0.717) is 18.3 Å². The molecular weight excluding hydrogens is 224 g/mol. The van der Waals surface area contributed by atoms with Gasteiger partial charge in [-0.25, -0.2) is 4.98 Å². The summed E-state index contributed by atoms with van der Waals surface area (Å²) in [4.78, 5) is 8.54. The molecule has 0 amide bonds. The molecule has 0 aromatic carbocycles. The van der Waals surface area contributed by atoms with Gasteiger partial charge in [0.1, 0.15) is 5.01 Å². The number of nitrogens with one attached hydrogen (secondary N) is 1. The number of aromatic nitrogens is 3. The van der Waals surface area contributed by atoms with Crippen molar-refractivity contribution >= 4 is 11.3 Å². The zero-order valence-electron chi connectivity index (χ0n) is 9.52. The Labute approximate surface area is 97.9 Å². The molecule has 2 aromatic heterocycles. The molecule has 0 radical (unpaired) electrons. The minimum atomic E-state index is 0.206. The molecule has 86 valence electrons. The van der Waals surface area contributed by atoms with Crippen LogP contribution in [0.4, 0.5) is 0 Å². The topological polar surface area (TPSA) is 63.8 Å². The summed E-state index contributed by atoms with van der Waals surface area (Å²) in [6.07, 6.45) is 0. The monoisotopic (exact) mass is 238 g/mol. The van der Waals surface area contributed by atoms with Gasteiger partial charge < -0.3 is 9.84 Å². The van der Waals surface area contributed by atoms with Crippen LogP contribution in [0.15, 0.2) is 9.90 Å². The van der Waals surface area contributed by atoms with Gasteiger partial charge in [0, 0.05) is 18.0 Å². The Balaban J connectivity index is 1.91. The van der Waals surface area contributed by atoms with Crippen LogP contribution in [0.2, 0.25) is 0 Å². The normalized spacial score (nSPS) is 12.9. The van der Waals surface area contributed by atoms with E-state index in [1.807, 2.05) is 12.3 Å². The maximum absolute atomic E-state index is 4.89. The number of rotatable bonds is 4. The summed E-state index contributed by atoms with van der Waals surface area (Å²) in [7, 11) is 0. The van der Waals surface area contributed by atoms with E-state index < -0.39 is 0 Å². The minimum absolute atomic E-state index is 0.206. The van der Waals surface area contributed by atoms with Gasteiger partial charge in [-0.2, -0.15) is 4.98 Å². The van der Waals surface area contributed by atoms with Crippen molar-refractivity contribution in [1.82, 2.24) is 20.4 Å². The van der Waals surface area contributed by atoms with Crippen molar-refractivity contribution in [3.05, 3.63) is 27.8 Å². The standard InChI is InChI=1S/C10H14N4OS/c1-6-5-16-10(12-6)7(2)11-4-9-13-8(3)15-14-9/h5,7,11H,4H2,1-3H3. The molecule has 0 fully saturated rings. The maximum Gasteiger partial charge on any atom is 0.223 e. The van der Waals surface area contributed by atoms with Crippen LogP contribution in [-0.2, 0) is 6.54 Å². The average Bonchev–Trinajstić information content (AvgIpc) is 2.84. The number of aryl methyl sites for hydroxylation is 2. The lowest BCUT2D eigenvalue weighted by molar-refractivity contribution is 0.384. The molecule has 2 rings (SSSR count). The van der Waals surface area contributed by atoms with Crippen LogP contribution in [0.5, 0.6) is 0 Å². The third-order valence-electron chi connectivity index (χ3n) is 2.14. The molecular formula is C10H14N4OS. The summed E-state index contributed by atoms with van der Waals surface area (Å²) in [6, 6.07) is 0.206. The molecule has 5 nitrogen and oxygen atoms in total. The number of hydrogen-bond donors (Lipinski definition) is 1. The van der Waals surface area contributed by atoms with Gasteiger partial charge >= 0.3 is 0 Å². The molecule has 1 N–H and O–H groups in total. The highest BCUT2D eigenvalue weighted by Crippen LogP contribution is 2.17. The van der Waals surface area contributed by atoms with Crippen LogP contribution >= 0.6 is 11.3 Å². The fraction of sp³-hybridized carbons (Fsp3) is 0.500. The van der Waals surface area contributed by atoms with E-state index in [1.54, 1.807) is 18.3 Å². The van der Waals surface area contributed by atoms with Crippen LogP contribution in [0.3, 0.4) is 0 Å². The van der Waals surface area contributed by atoms with Crippen molar-refractivity contribution in [2.24, 2.45) is 0 Å². The second-order valence-electron chi connectivity index (χ2n) is 3.66. The Morgan fingerprint density at radius 2 is 2.25 bits per heavy atom. The maximum atomic E-state index is 4.89. The van der Waals surface area contributed by atoms with E-state index in [9.17, 15) is 0 Å². The third-order valence-corrected chi connectivity index (χ3v) is 3.29. The molecule has 0 saturated heterocycles. The molecule has 1 unspecified atom stereocenters. The number of nitrogens with zero attached hydrogens (tertiary/aromatic N) is 3. The van der Waals surface area contributed by atoms with Crippen LogP contribution in [0.25, 0.3) is 0 Å². The van der Waals surface area contributed by atoms with E-state index in [2.05, 4.69) is 27.4 Å². The van der Waals surface area contributed by atoms with Crippen LogP contribution in [0.1, 0.15) is 35.4 Å². The molecule has 2 aromatic rings. The summed E-state index contributed by atoms with van der Waals surface area (Å²) < 4.78 is 4.89. The van der Waals surface area contributed by atoms with Crippen molar-refractivity contribution in [2.75, 3.05) is 0 Å². The smallest absolute Gasteiger partial charge is 0.223 e. The summed E-state index contributed by atoms with van der Waals surface area (Å²) in [6.45, 7) is 6.45. The molecule has 0 aliphatic heterocycles. The third kappa shape index (κ3) is 2.65. The van der Waals surface area contributed by atoms with Crippen molar-refractivity contribution in [2.45, 2.75) is 33.4 Å². The zero-order chi connectivity index (χ0) is 11.5. The first kappa shape index (κ1) is 11.2. The van der Waals surface area contributed by atoms with Crippen molar-refractivity contribution in [1.29, 1.82) is 0 Å².